The second-order valence-electron chi connectivity index (χ2n) is 4.96. The molecular formula is C15H22ClNO3S. The van der Waals surface area contributed by atoms with Crippen LogP contribution in [-0.2, 0) is 15.5 Å². The Morgan fingerprint density at radius 3 is 2.33 bits per heavy atom. The minimum Gasteiger partial charge on any atom is -0.336 e. The van der Waals surface area contributed by atoms with Crippen molar-refractivity contribution in [2.75, 3.05) is 6.54 Å². The topological polar surface area (TPSA) is 54.5 Å². The predicted molar refractivity (Wildman–Crippen MR) is 85.3 cm³/mol. The van der Waals surface area contributed by atoms with Crippen molar-refractivity contribution in [2.45, 2.75) is 51.5 Å². The number of aryl methyl sites for hydroxylation is 1. The van der Waals surface area contributed by atoms with E-state index in [4.69, 9.17) is 10.7 Å². The molecule has 0 saturated heterocycles. The number of nitrogens with zero attached hydrogens (tertiary/aromatic N) is 1. The van der Waals surface area contributed by atoms with Gasteiger partial charge in [0.05, 0.1) is 4.90 Å². The molecule has 1 aromatic rings. The summed E-state index contributed by atoms with van der Waals surface area (Å²) in [5.74, 6) is -0.147. The molecule has 0 radical (unpaired) electrons. The Bertz CT molecular complexity index is 613. The zero-order valence-corrected chi connectivity index (χ0v) is 14.5. The third-order valence-corrected chi connectivity index (χ3v) is 5.05. The van der Waals surface area contributed by atoms with Crippen molar-refractivity contribution in [1.82, 2.24) is 4.90 Å². The monoisotopic (exact) mass is 331 g/mol. The van der Waals surface area contributed by atoms with Gasteiger partial charge in [-0.3, -0.25) is 4.79 Å². The van der Waals surface area contributed by atoms with Crippen LogP contribution in [0.5, 0.6) is 0 Å². The maximum Gasteiger partial charge on any atom is 0.261 e. The summed E-state index contributed by atoms with van der Waals surface area (Å²) in [6, 6.07) is 4.59. The fourth-order valence-corrected chi connectivity index (χ4v) is 3.02. The van der Waals surface area contributed by atoms with Crippen molar-refractivity contribution in [3.05, 3.63) is 29.3 Å². The molecule has 0 aromatic heterocycles. The molecule has 1 aromatic carbocycles. The normalized spacial score (nSPS) is 13.0. The standard InChI is InChI=1S/C15H22ClNO3S/c1-5-11(4)17(7-3)15(18)14-10-13(21(16,19)20)9-8-12(14)6-2/h8-11H,5-7H2,1-4H3. The Hall–Kier alpha value is -1.07. The molecule has 118 valence electrons. The fraction of sp³-hybridized carbons (Fsp3) is 0.533. The van der Waals surface area contributed by atoms with Crippen LogP contribution < -0.4 is 0 Å². The van der Waals surface area contributed by atoms with Crippen LogP contribution in [0.3, 0.4) is 0 Å². The highest BCUT2D eigenvalue weighted by atomic mass is 35.7. The first kappa shape index (κ1) is 18.0. The maximum absolute atomic E-state index is 12.7. The Balaban J connectivity index is 3.35. The average molecular weight is 332 g/mol. The Morgan fingerprint density at radius 1 is 1.29 bits per heavy atom. The molecule has 0 aliphatic rings. The Kier molecular flexibility index (Phi) is 6.23. The lowest BCUT2D eigenvalue weighted by Crippen LogP contribution is -2.38. The lowest BCUT2D eigenvalue weighted by Gasteiger charge is -2.28. The molecule has 0 fully saturated rings. The molecular weight excluding hydrogens is 310 g/mol. The predicted octanol–water partition coefficient (Wildman–Crippen LogP) is 3.44. The fourth-order valence-electron chi connectivity index (χ4n) is 2.25. The molecule has 1 amide bonds. The molecule has 0 saturated carbocycles. The smallest absolute Gasteiger partial charge is 0.261 e. The van der Waals surface area contributed by atoms with Crippen LogP contribution in [0.1, 0.15) is 50.0 Å². The molecule has 1 rings (SSSR count). The zero-order chi connectivity index (χ0) is 16.2. The molecule has 0 spiro atoms. The first-order valence-electron chi connectivity index (χ1n) is 7.14. The van der Waals surface area contributed by atoms with E-state index in [9.17, 15) is 13.2 Å². The summed E-state index contributed by atoms with van der Waals surface area (Å²) in [7, 11) is 1.54. The minimum atomic E-state index is -3.84. The number of benzene rings is 1. The minimum absolute atomic E-state index is 0.0371. The largest absolute Gasteiger partial charge is 0.336 e. The Labute approximate surface area is 131 Å². The SMILES string of the molecule is CCc1ccc(S(=O)(=O)Cl)cc1C(=O)N(CC)C(C)CC. The van der Waals surface area contributed by atoms with Crippen molar-refractivity contribution in [3.8, 4) is 0 Å². The third-order valence-electron chi connectivity index (χ3n) is 3.70. The summed E-state index contributed by atoms with van der Waals surface area (Å²) >= 11 is 0. The number of amides is 1. The van der Waals surface area contributed by atoms with Crippen molar-refractivity contribution in [2.24, 2.45) is 0 Å². The molecule has 0 aliphatic carbocycles. The van der Waals surface area contributed by atoms with E-state index >= 15 is 0 Å². The summed E-state index contributed by atoms with van der Waals surface area (Å²) in [5, 5.41) is 0. The van der Waals surface area contributed by atoms with Crippen LogP contribution in [0, 0.1) is 0 Å². The van der Waals surface area contributed by atoms with Crippen LogP contribution in [0.2, 0.25) is 0 Å². The summed E-state index contributed by atoms with van der Waals surface area (Å²) < 4.78 is 23.0. The number of carbonyl (C=O) groups is 1. The Morgan fingerprint density at radius 2 is 1.90 bits per heavy atom. The first-order valence-corrected chi connectivity index (χ1v) is 9.45. The number of carbonyl (C=O) groups excluding carboxylic acids is 1. The van der Waals surface area contributed by atoms with Gasteiger partial charge in [-0.25, -0.2) is 8.42 Å². The number of rotatable bonds is 6. The summed E-state index contributed by atoms with van der Waals surface area (Å²) in [5.41, 5.74) is 1.24. The van der Waals surface area contributed by atoms with E-state index < -0.39 is 9.05 Å². The molecule has 0 aliphatic heterocycles. The molecule has 1 atom stereocenters. The highest BCUT2D eigenvalue weighted by Gasteiger charge is 2.23. The second-order valence-corrected chi connectivity index (χ2v) is 7.52. The van der Waals surface area contributed by atoms with Gasteiger partial charge in [-0.2, -0.15) is 0 Å². The van der Waals surface area contributed by atoms with Crippen molar-refractivity contribution >= 4 is 25.6 Å². The van der Waals surface area contributed by atoms with E-state index in [1.54, 1.807) is 11.0 Å². The van der Waals surface area contributed by atoms with Crippen molar-refractivity contribution < 1.29 is 13.2 Å². The van der Waals surface area contributed by atoms with E-state index in [-0.39, 0.29) is 16.8 Å². The molecule has 0 N–H and O–H groups in total. The van der Waals surface area contributed by atoms with Gasteiger partial charge in [0.1, 0.15) is 0 Å². The number of halogens is 1. The lowest BCUT2D eigenvalue weighted by molar-refractivity contribution is 0.0698. The zero-order valence-electron chi connectivity index (χ0n) is 12.9. The van der Waals surface area contributed by atoms with Crippen LogP contribution in [0.4, 0.5) is 0 Å². The van der Waals surface area contributed by atoms with Gasteiger partial charge in [-0.15, -0.1) is 0 Å². The highest BCUT2D eigenvalue weighted by Crippen LogP contribution is 2.22. The van der Waals surface area contributed by atoms with Gasteiger partial charge in [0.25, 0.3) is 15.0 Å². The van der Waals surface area contributed by atoms with Gasteiger partial charge < -0.3 is 4.90 Å². The van der Waals surface area contributed by atoms with Crippen LogP contribution in [0.15, 0.2) is 23.1 Å². The molecule has 0 heterocycles. The van der Waals surface area contributed by atoms with Gasteiger partial charge >= 0.3 is 0 Å². The number of hydrogen-bond acceptors (Lipinski definition) is 3. The highest BCUT2D eigenvalue weighted by molar-refractivity contribution is 8.13. The van der Waals surface area contributed by atoms with Crippen LogP contribution in [-0.4, -0.2) is 31.8 Å². The number of hydrogen-bond donors (Lipinski definition) is 0. The van der Waals surface area contributed by atoms with E-state index in [1.807, 2.05) is 27.7 Å². The van der Waals surface area contributed by atoms with Gasteiger partial charge in [0.2, 0.25) is 0 Å². The van der Waals surface area contributed by atoms with Gasteiger partial charge in [-0.05, 0) is 44.4 Å². The van der Waals surface area contributed by atoms with E-state index in [0.717, 1.165) is 12.0 Å². The summed E-state index contributed by atoms with van der Waals surface area (Å²) in [6.45, 7) is 8.42. The second kappa shape index (κ2) is 7.27. The molecule has 21 heavy (non-hydrogen) atoms. The van der Waals surface area contributed by atoms with Crippen molar-refractivity contribution in [1.29, 1.82) is 0 Å². The van der Waals surface area contributed by atoms with E-state index in [0.29, 0.717) is 18.5 Å². The molecule has 0 bridgehead atoms. The van der Waals surface area contributed by atoms with E-state index in [2.05, 4.69) is 0 Å². The quantitative estimate of drug-likeness (QED) is 0.750. The van der Waals surface area contributed by atoms with E-state index in [1.165, 1.54) is 12.1 Å². The van der Waals surface area contributed by atoms with Gasteiger partial charge in [-0.1, -0.05) is 19.9 Å². The van der Waals surface area contributed by atoms with Gasteiger partial charge in [0.15, 0.2) is 0 Å². The third kappa shape index (κ3) is 4.20. The molecule has 4 nitrogen and oxygen atoms in total. The molecule has 1 unspecified atom stereocenters. The molecule has 6 heteroatoms. The maximum atomic E-state index is 12.7. The first-order chi connectivity index (χ1) is 9.76. The van der Waals surface area contributed by atoms with Crippen LogP contribution >= 0.6 is 10.7 Å². The summed E-state index contributed by atoms with van der Waals surface area (Å²) in [4.78, 5) is 14.4. The van der Waals surface area contributed by atoms with Crippen molar-refractivity contribution in [3.63, 3.8) is 0 Å². The summed E-state index contributed by atoms with van der Waals surface area (Å²) in [6.07, 6.45) is 1.50. The van der Waals surface area contributed by atoms with Crippen LogP contribution in [0.25, 0.3) is 0 Å². The lowest BCUT2D eigenvalue weighted by atomic mass is 10.0. The van der Waals surface area contributed by atoms with Gasteiger partial charge in [0, 0.05) is 28.8 Å². The average Bonchev–Trinajstić information content (AvgIpc) is 2.45.